The monoisotopic (exact) mass is 372 g/mol. The van der Waals surface area contributed by atoms with Crippen LogP contribution in [0, 0.1) is 5.41 Å². The molecule has 0 N–H and O–H groups in total. The molecular weight excluding hydrogens is 352 g/mol. The number of rotatable bonds is 3. The molecule has 21 heavy (non-hydrogen) atoms. The summed E-state index contributed by atoms with van der Waals surface area (Å²) in [5, 5.41) is 0. The van der Waals surface area contributed by atoms with Crippen molar-refractivity contribution in [3.8, 4) is 5.75 Å². The zero-order valence-electron chi connectivity index (χ0n) is 12.2. The molecule has 2 saturated carbocycles. The van der Waals surface area contributed by atoms with Gasteiger partial charge in [-0.3, -0.25) is 0 Å². The number of benzene rings is 1. The first kappa shape index (κ1) is 15.3. The standard InChI is InChI=1S/C16H21BrO3S/c1-21(18,19)13-7-5-12(6-8-13)20-15-11-14(17)16(15)9-3-2-4-10-16/h5-8,14-15H,2-4,9-11H2,1H3. The number of hydrogen-bond donors (Lipinski definition) is 0. The predicted octanol–water partition coefficient (Wildman–Crippen LogP) is 3.96. The van der Waals surface area contributed by atoms with Gasteiger partial charge in [-0.2, -0.15) is 0 Å². The molecular formula is C16H21BrO3S. The fraction of sp³-hybridized carbons (Fsp3) is 0.625. The van der Waals surface area contributed by atoms with Gasteiger partial charge in [0.05, 0.1) is 4.90 Å². The Hall–Kier alpha value is -0.550. The van der Waals surface area contributed by atoms with E-state index >= 15 is 0 Å². The van der Waals surface area contributed by atoms with Crippen LogP contribution in [0.4, 0.5) is 0 Å². The smallest absolute Gasteiger partial charge is 0.175 e. The van der Waals surface area contributed by atoms with E-state index in [-0.39, 0.29) is 11.5 Å². The second-order valence-electron chi connectivity index (χ2n) is 6.35. The molecule has 0 aliphatic heterocycles. The minimum Gasteiger partial charge on any atom is -0.490 e. The van der Waals surface area contributed by atoms with E-state index in [4.69, 9.17) is 4.74 Å². The van der Waals surface area contributed by atoms with Crippen LogP contribution in [0.1, 0.15) is 38.5 Å². The maximum atomic E-state index is 11.5. The van der Waals surface area contributed by atoms with Crippen LogP contribution < -0.4 is 4.74 Å². The van der Waals surface area contributed by atoms with Gasteiger partial charge in [0.2, 0.25) is 0 Å². The molecule has 1 aromatic rings. The average Bonchev–Trinajstić information content (AvgIpc) is 2.47. The van der Waals surface area contributed by atoms with Gasteiger partial charge in [-0.05, 0) is 43.5 Å². The van der Waals surface area contributed by atoms with Gasteiger partial charge >= 0.3 is 0 Å². The Morgan fingerprint density at radius 3 is 2.29 bits per heavy atom. The molecule has 0 heterocycles. The molecule has 0 aromatic heterocycles. The second kappa shape index (κ2) is 5.58. The number of alkyl halides is 1. The first-order valence-electron chi connectivity index (χ1n) is 7.53. The van der Waals surface area contributed by atoms with Crippen molar-refractivity contribution in [2.75, 3.05) is 6.26 Å². The van der Waals surface area contributed by atoms with Gasteiger partial charge < -0.3 is 4.74 Å². The third-order valence-electron chi connectivity index (χ3n) is 5.00. The Kier molecular flexibility index (Phi) is 4.08. The van der Waals surface area contributed by atoms with Gasteiger partial charge in [-0.1, -0.05) is 35.2 Å². The summed E-state index contributed by atoms with van der Waals surface area (Å²) >= 11 is 3.81. The number of sulfone groups is 1. The molecule has 2 aliphatic carbocycles. The van der Waals surface area contributed by atoms with E-state index in [1.165, 1.54) is 38.4 Å². The predicted molar refractivity (Wildman–Crippen MR) is 86.8 cm³/mol. The molecule has 2 aliphatic rings. The zero-order valence-corrected chi connectivity index (χ0v) is 14.6. The van der Waals surface area contributed by atoms with Gasteiger partial charge in [-0.15, -0.1) is 0 Å². The quantitative estimate of drug-likeness (QED) is 0.754. The van der Waals surface area contributed by atoms with E-state index in [9.17, 15) is 8.42 Å². The average molecular weight is 373 g/mol. The molecule has 3 rings (SSSR count). The van der Waals surface area contributed by atoms with Crippen LogP contribution in [0.15, 0.2) is 29.2 Å². The molecule has 2 atom stereocenters. The highest BCUT2D eigenvalue weighted by Gasteiger charge is 2.55. The summed E-state index contributed by atoms with van der Waals surface area (Å²) in [6.45, 7) is 0. The first-order valence-corrected chi connectivity index (χ1v) is 10.3. The summed E-state index contributed by atoms with van der Waals surface area (Å²) in [5.74, 6) is 0.775. The van der Waals surface area contributed by atoms with E-state index in [0.29, 0.717) is 9.72 Å². The van der Waals surface area contributed by atoms with Crippen LogP contribution >= 0.6 is 15.9 Å². The molecule has 0 radical (unpaired) electrons. The molecule has 5 heteroatoms. The summed E-state index contributed by atoms with van der Waals surface area (Å²) in [7, 11) is -3.14. The lowest BCUT2D eigenvalue weighted by atomic mass is 9.58. The van der Waals surface area contributed by atoms with Gasteiger partial charge in [0.25, 0.3) is 0 Å². The van der Waals surface area contributed by atoms with Crippen LogP contribution in [-0.2, 0) is 9.84 Å². The summed E-state index contributed by atoms with van der Waals surface area (Å²) < 4.78 is 29.1. The Bertz CT molecular complexity index is 603. The fourth-order valence-electron chi connectivity index (χ4n) is 3.64. The van der Waals surface area contributed by atoms with Crippen molar-refractivity contribution >= 4 is 25.8 Å². The largest absolute Gasteiger partial charge is 0.490 e. The highest BCUT2D eigenvalue weighted by molar-refractivity contribution is 9.09. The Morgan fingerprint density at radius 2 is 1.76 bits per heavy atom. The van der Waals surface area contributed by atoms with Gasteiger partial charge in [0, 0.05) is 16.5 Å². The van der Waals surface area contributed by atoms with E-state index in [0.717, 1.165) is 12.2 Å². The van der Waals surface area contributed by atoms with Gasteiger partial charge in [0.15, 0.2) is 9.84 Å². The summed E-state index contributed by atoms with van der Waals surface area (Å²) in [6.07, 6.45) is 8.88. The van der Waals surface area contributed by atoms with Crippen molar-refractivity contribution in [3.05, 3.63) is 24.3 Å². The Balaban J connectivity index is 1.72. The molecule has 2 unspecified atom stereocenters. The molecule has 0 amide bonds. The minimum atomic E-state index is -3.14. The van der Waals surface area contributed by atoms with Crippen LogP contribution in [0.2, 0.25) is 0 Å². The van der Waals surface area contributed by atoms with E-state index < -0.39 is 9.84 Å². The van der Waals surface area contributed by atoms with Crippen molar-refractivity contribution in [1.82, 2.24) is 0 Å². The summed E-state index contributed by atoms with van der Waals surface area (Å²) in [4.78, 5) is 0.903. The molecule has 2 fully saturated rings. The topological polar surface area (TPSA) is 43.4 Å². The Morgan fingerprint density at radius 1 is 1.14 bits per heavy atom. The molecule has 0 bridgehead atoms. The van der Waals surface area contributed by atoms with Crippen molar-refractivity contribution in [2.24, 2.45) is 5.41 Å². The maximum Gasteiger partial charge on any atom is 0.175 e. The maximum absolute atomic E-state index is 11.5. The molecule has 116 valence electrons. The summed E-state index contributed by atoms with van der Waals surface area (Å²) in [5.41, 5.74) is 0.285. The Labute approximate surface area is 135 Å². The number of ether oxygens (including phenoxy) is 1. The fourth-order valence-corrected chi connectivity index (χ4v) is 5.36. The van der Waals surface area contributed by atoms with Crippen LogP contribution in [0.5, 0.6) is 5.75 Å². The van der Waals surface area contributed by atoms with E-state index in [1.54, 1.807) is 24.3 Å². The third-order valence-corrected chi connectivity index (χ3v) is 7.41. The lowest BCUT2D eigenvalue weighted by Gasteiger charge is -2.55. The first-order chi connectivity index (χ1) is 9.92. The number of halogens is 1. The van der Waals surface area contributed by atoms with E-state index in [1.807, 2.05) is 0 Å². The van der Waals surface area contributed by atoms with Crippen molar-refractivity contribution in [3.63, 3.8) is 0 Å². The third kappa shape index (κ3) is 2.87. The van der Waals surface area contributed by atoms with Crippen LogP contribution in [-0.4, -0.2) is 25.6 Å². The van der Waals surface area contributed by atoms with Crippen molar-refractivity contribution in [1.29, 1.82) is 0 Å². The molecule has 0 saturated heterocycles. The second-order valence-corrected chi connectivity index (χ2v) is 9.47. The molecule has 1 aromatic carbocycles. The van der Waals surface area contributed by atoms with Crippen LogP contribution in [0.3, 0.4) is 0 Å². The highest BCUT2D eigenvalue weighted by Crippen LogP contribution is 2.56. The number of hydrogen-bond acceptors (Lipinski definition) is 3. The lowest BCUT2D eigenvalue weighted by molar-refractivity contribution is -0.0601. The molecule has 3 nitrogen and oxygen atoms in total. The normalized spacial score (nSPS) is 28.1. The molecule has 1 spiro atoms. The zero-order chi connectivity index (χ0) is 15.1. The minimum absolute atomic E-state index is 0.256. The highest BCUT2D eigenvalue weighted by atomic mass is 79.9. The SMILES string of the molecule is CS(=O)(=O)c1ccc(OC2CC(Br)C23CCCCC3)cc1. The van der Waals surface area contributed by atoms with Gasteiger partial charge in [0.1, 0.15) is 11.9 Å². The lowest BCUT2D eigenvalue weighted by Crippen LogP contribution is -2.57. The van der Waals surface area contributed by atoms with Crippen molar-refractivity contribution < 1.29 is 13.2 Å². The van der Waals surface area contributed by atoms with Crippen LogP contribution in [0.25, 0.3) is 0 Å². The van der Waals surface area contributed by atoms with E-state index in [2.05, 4.69) is 15.9 Å². The van der Waals surface area contributed by atoms with Crippen molar-refractivity contribution in [2.45, 2.75) is 54.4 Å². The summed E-state index contributed by atoms with van der Waals surface area (Å²) in [6, 6.07) is 6.80. The van der Waals surface area contributed by atoms with Gasteiger partial charge in [-0.25, -0.2) is 8.42 Å².